The lowest BCUT2D eigenvalue weighted by atomic mass is 10.2. The van der Waals surface area contributed by atoms with E-state index >= 15 is 0 Å². The van der Waals surface area contributed by atoms with Crippen molar-refractivity contribution in [3.8, 4) is 5.95 Å². The zero-order chi connectivity index (χ0) is 13.8. The van der Waals surface area contributed by atoms with Crippen molar-refractivity contribution in [3.05, 3.63) is 34.7 Å². The quantitative estimate of drug-likeness (QED) is 0.427. The van der Waals surface area contributed by atoms with Gasteiger partial charge in [0.05, 0.1) is 11.9 Å². The average Bonchev–Trinajstić information content (AvgIpc) is 2.35. The van der Waals surface area contributed by atoms with E-state index in [9.17, 15) is 4.79 Å². The van der Waals surface area contributed by atoms with Gasteiger partial charge in [-0.2, -0.15) is 0 Å². The number of hydrogen-bond donors (Lipinski definition) is 3. The molecule has 0 aliphatic heterocycles. The highest BCUT2D eigenvalue weighted by Crippen LogP contribution is 2.19. The molecule has 0 saturated carbocycles. The Hall–Kier alpha value is -1.80. The number of fused-ring (bicyclic) bond motifs is 1. The first-order chi connectivity index (χ1) is 9.06. The smallest absolute Gasteiger partial charge is 0.346 e. The summed E-state index contributed by atoms with van der Waals surface area (Å²) in [4.78, 5) is 11.7. The Bertz CT molecular complexity index is 675. The molecule has 0 fully saturated rings. The minimum absolute atomic E-state index is 0. The third kappa shape index (κ3) is 4.10. The SMILES string of the molecule is Br.NC(=S)NCCOc1cc2ccc(N)cc2c(=O)o1. The average molecular weight is 360 g/mol. The van der Waals surface area contributed by atoms with Crippen molar-refractivity contribution in [1.82, 2.24) is 5.32 Å². The number of hydrogen-bond acceptors (Lipinski definition) is 5. The zero-order valence-corrected chi connectivity index (χ0v) is 12.9. The Morgan fingerprint density at radius 2 is 2.15 bits per heavy atom. The van der Waals surface area contributed by atoms with Crippen LogP contribution < -0.4 is 27.1 Å². The highest BCUT2D eigenvalue weighted by Gasteiger charge is 2.05. The molecule has 0 aliphatic carbocycles. The van der Waals surface area contributed by atoms with Gasteiger partial charge in [0.15, 0.2) is 5.11 Å². The number of rotatable bonds is 4. The van der Waals surface area contributed by atoms with Crippen LogP contribution in [0.1, 0.15) is 0 Å². The normalized spacial score (nSPS) is 9.80. The van der Waals surface area contributed by atoms with E-state index in [0.717, 1.165) is 0 Å². The molecule has 5 N–H and O–H groups in total. The van der Waals surface area contributed by atoms with Gasteiger partial charge in [0.1, 0.15) is 6.61 Å². The molecule has 0 bridgehead atoms. The van der Waals surface area contributed by atoms with E-state index in [0.29, 0.717) is 23.0 Å². The topological polar surface area (TPSA) is 104 Å². The molecule has 2 aromatic rings. The van der Waals surface area contributed by atoms with Crippen molar-refractivity contribution in [2.75, 3.05) is 18.9 Å². The largest absolute Gasteiger partial charge is 0.463 e. The van der Waals surface area contributed by atoms with Crippen LogP contribution >= 0.6 is 29.2 Å². The molecule has 2 rings (SSSR count). The fourth-order valence-electron chi connectivity index (χ4n) is 1.58. The minimum Gasteiger partial charge on any atom is -0.463 e. The zero-order valence-electron chi connectivity index (χ0n) is 10.4. The summed E-state index contributed by atoms with van der Waals surface area (Å²) in [5, 5.41) is 4.05. The first-order valence-corrected chi connectivity index (χ1v) is 5.96. The highest BCUT2D eigenvalue weighted by atomic mass is 79.9. The van der Waals surface area contributed by atoms with Gasteiger partial charge in [-0.1, -0.05) is 6.07 Å². The Kier molecular flexibility index (Phi) is 5.78. The Morgan fingerprint density at radius 1 is 1.40 bits per heavy atom. The minimum atomic E-state index is -0.484. The number of anilines is 1. The lowest BCUT2D eigenvalue weighted by molar-refractivity contribution is 0.236. The molecule has 8 heteroatoms. The number of ether oxygens (including phenoxy) is 1. The van der Waals surface area contributed by atoms with Gasteiger partial charge in [0, 0.05) is 11.8 Å². The van der Waals surface area contributed by atoms with Crippen molar-refractivity contribution < 1.29 is 9.15 Å². The van der Waals surface area contributed by atoms with Gasteiger partial charge in [0.2, 0.25) is 0 Å². The molecule has 0 spiro atoms. The maximum absolute atomic E-state index is 11.7. The summed E-state index contributed by atoms with van der Waals surface area (Å²) in [6.45, 7) is 0.708. The van der Waals surface area contributed by atoms with Gasteiger partial charge in [-0.3, -0.25) is 0 Å². The van der Waals surface area contributed by atoms with E-state index in [1.165, 1.54) is 0 Å². The number of benzene rings is 1. The number of nitrogens with two attached hydrogens (primary N) is 2. The van der Waals surface area contributed by atoms with Crippen molar-refractivity contribution in [1.29, 1.82) is 0 Å². The second-order valence-electron chi connectivity index (χ2n) is 3.84. The molecule has 1 aromatic heterocycles. The fourth-order valence-corrected chi connectivity index (χ4v) is 1.68. The van der Waals surface area contributed by atoms with Gasteiger partial charge in [-0.05, 0) is 29.7 Å². The number of halogens is 1. The maximum atomic E-state index is 11.7. The second-order valence-corrected chi connectivity index (χ2v) is 4.28. The lowest BCUT2D eigenvalue weighted by Crippen LogP contribution is -2.32. The van der Waals surface area contributed by atoms with Crippen LogP contribution in [0.2, 0.25) is 0 Å². The summed E-state index contributed by atoms with van der Waals surface area (Å²) in [6.07, 6.45) is 0. The van der Waals surface area contributed by atoms with Gasteiger partial charge >= 0.3 is 5.63 Å². The summed E-state index contributed by atoms with van der Waals surface area (Å²) in [5.41, 5.74) is 10.9. The van der Waals surface area contributed by atoms with Crippen molar-refractivity contribution in [3.63, 3.8) is 0 Å². The Labute approximate surface area is 130 Å². The molecular weight excluding hydrogens is 346 g/mol. The van der Waals surface area contributed by atoms with E-state index in [1.807, 2.05) is 0 Å². The predicted octanol–water partition coefficient (Wildman–Crippen LogP) is 1.17. The first kappa shape index (κ1) is 16.3. The highest BCUT2D eigenvalue weighted by molar-refractivity contribution is 8.93. The maximum Gasteiger partial charge on any atom is 0.346 e. The van der Waals surface area contributed by atoms with Crippen LogP contribution in [-0.2, 0) is 0 Å². The van der Waals surface area contributed by atoms with Crippen LogP contribution in [0.4, 0.5) is 5.69 Å². The van der Waals surface area contributed by atoms with Gasteiger partial charge in [-0.25, -0.2) is 4.79 Å². The van der Waals surface area contributed by atoms with Crippen LogP contribution in [0.3, 0.4) is 0 Å². The van der Waals surface area contributed by atoms with Gasteiger partial charge in [-0.15, -0.1) is 17.0 Å². The predicted molar refractivity (Wildman–Crippen MR) is 87.5 cm³/mol. The molecule has 6 nitrogen and oxygen atoms in total. The fraction of sp³-hybridized carbons (Fsp3) is 0.167. The first-order valence-electron chi connectivity index (χ1n) is 5.56. The summed E-state index contributed by atoms with van der Waals surface area (Å²) >= 11 is 4.65. The number of nitrogen functional groups attached to an aromatic ring is 1. The van der Waals surface area contributed by atoms with Crippen molar-refractivity contribution >= 4 is 50.8 Å². The molecule has 0 aliphatic rings. The third-order valence-electron chi connectivity index (χ3n) is 2.41. The molecular formula is C12H14BrN3O3S. The van der Waals surface area contributed by atoms with E-state index in [1.54, 1.807) is 24.3 Å². The van der Waals surface area contributed by atoms with Gasteiger partial charge in [0.25, 0.3) is 5.95 Å². The Balaban J connectivity index is 0.00000200. The molecule has 108 valence electrons. The van der Waals surface area contributed by atoms with E-state index in [-0.39, 0.29) is 34.6 Å². The molecule has 0 amide bonds. The molecule has 1 heterocycles. The molecule has 0 saturated heterocycles. The van der Waals surface area contributed by atoms with E-state index in [4.69, 9.17) is 20.6 Å². The lowest BCUT2D eigenvalue weighted by Gasteiger charge is -2.06. The molecule has 0 unspecified atom stereocenters. The number of thiocarbonyl (C=S) groups is 1. The van der Waals surface area contributed by atoms with Crippen molar-refractivity contribution in [2.45, 2.75) is 0 Å². The van der Waals surface area contributed by atoms with Crippen LogP contribution in [-0.4, -0.2) is 18.3 Å². The monoisotopic (exact) mass is 359 g/mol. The van der Waals surface area contributed by atoms with Crippen molar-refractivity contribution in [2.24, 2.45) is 5.73 Å². The third-order valence-corrected chi connectivity index (χ3v) is 2.55. The van der Waals surface area contributed by atoms with Crippen LogP contribution in [0.15, 0.2) is 33.5 Å². The number of nitrogens with one attached hydrogen (secondary N) is 1. The van der Waals surface area contributed by atoms with Crippen LogP contribution in [0, 0.1) is 0 Å². The van der Waals surface area contributed by atoms with Gasteiger partial charge < -0.3 is 25.9 Å². The summed E-state index contributed by atoms with van der Waals surface area (Å²) in [5.74, 6) is 0.145. The van der Waals surface area contributed by atoms with Crippen LogP contribution in [0.25, 0.3) is 10.8 Å². The molecule has 0 atom stereocenters. The van der Waals surface area contributed by atoms with E-state index < -0.39 is 5.63 Å². The van der Waals surface area contributed by atoms with Crippen LogP contribution in [0.5, 0.6) is 5.95 Å². The second kappa shape index (κ2) is 7.11. The standard InChI is InChI=1S/C12H13N3O3S.BrH/c13-8-2-1-7-5-10(17-4-3-15-12(14)19)18-11(16)9(7)6-8;/h1-2,5-6H,3-4,13H2,(H3,14,15,19);1H. The molecule has 20 heavy (non-hydrogen) atoms. The molecule has 0 radical (unpaired) electrons. The van der Waals surface area contributed by atoms with E-state index in [2.05, 4.69) is 17.5 Å². The Morgan fingerprint density at radius 3 is 2.85 bits per heavy atom. The summed E-state index contributed by atoms with van der Waals surface area (Å²) in [6, 6.07) is 6.65. The summed E-state index contributed by atoms with van der Waals surface area (Å²) < 4.78 is 10.3. The molecule has 1 aromatic carbocycles. The summed E-state index contributed by atoms with van der Waals surface area (Å²) in [7, 11) is 0.